The maximum absolute atomic E-state index is 12.5. The van der Waals surface area contributed by atoms with Crippen molar-refractivity contribution in [2.24, 2.45) is 5.41 Å². The molecular weight excluding hydrogens is 302 g/mol. The Kier molecular flexibility index (Phi) is 4.67. The van der Waals surface area contributed by atoms with Gasteiger partial charge in [-0.3, -0.25) is 9.59 Å². The van der Waals surface area contributed by atoms with Crippen LogP contribution in [0.5, 0.6) is 0 Å². The van der Waals surface area contributed by atoms with Crippen LogP contribution >= 0.6 is 0 Å². The first-order chi connectivity index (χ1) is 11.5. The molecule has 0 saturated carbocycles. The van der Waals surface area contributed by atoms with E-state index >= 15 is 0 Å². The molecule has 0 aliphatic carbocycles. The number of hydrogen-bond acceptors (Lipinski definition) is 3. The van der Waals surface area contributed by atoms with Crippen LogP contribution in [0.3, 0.4) is 0 Å². The van der Waals surface area contributed by atoms with E-state index in [1.807, 2.05) is 42.0 Å². The first-order valence-electron chi connectivity index (χ1n) is 8.35. The van der Waals surface area contributed by atoms with Gasteiger partial charge in [0.15, 0.2) is 11.7 Å². The summed E-state index contributed by atoms with van der Waals surface area (Å²) in [5.74, 6) is 0. The van der Waals surface area contributed by atoms with Crippen LogP contribution in [-0.2, 0) is 11.3 Å². The minimum atomic E-state index is -0.206. The predicted octanol–water partition coefficient (Wildman–Crippen LogP) is 3.45. The van der Waals surface area contributed by atoms with E-state index in [2.05, 4.69) is 6.92 Å². The average Bonchev–Trinajstić information content (AvgIpc) is 2.57. The molecule has 24 heavy (non-hydrogen) atoms. The number of pyridine rings is 1. The lowest BCUT2D eigenvalue weighted by molar-refractivity contribution is 0.0154. The van der Waals surface area contributed by atoms with Gasteiger partial charge in [-0.2, -0.15) is 0 Å². The summed E-state index contributed by atoms with van der Waals surface area (Å²) in [5, 5.41) is 0. The van der Waals surface area contributed by atoms with Gasteiger partial charge in [0.25, 0.3) is 0 Å². The smallest absolute Gasteiger partial charge is 0.199 e. The Morgan fingerprint density at radius 1 is 1.17 bits per heavy atom. The summed E-state index contributed by atoms with van der Waals surface area (Å²) in [6.07, 6.45) is 6.17. The first kappa shape index (κ1) is 16.7. The lowest BCUT2D eigenvalue weighted by atomic mass is 9.82. The lowest BCUT2D eigenvalue weighted by Crippen LogP contribution is -2.31. The summed E-state index contributed by atoms with van der Waals surface area (Å²) in [6.45, 7) is 6.55. The molecule has 4 nitrogen and oxygen atoms in total. The second kappa shape index (κ2) is 6.73. The zero-order valence-electron chi connectivity index (χ0n) is 14.2. The zero-order chi connectivity index (χ0) is 17.2. The highest BCUT2D eigenvalue weighted by Gasteiger charge is 2.28. The fourth-order valence-corrected chi connectivity index (χ4v) is 3.23. The Hall–Kier alpha value is -2.20. The Morgan fingerprint density at radius 2 is 1.83 bits per heavy atom. The van der Waals surface area contributed by atoms with Gasteiger partial charge in [0.2, 0.25) is 0 Å². The van der Waals surface area contributed by atoms with Gasteiger partial charge in [0.1, 0.15) is 0 Å². The molecule has 0 unspecified atom stereocenters. The Labute approximate surface area is 142 Å². The van der Waals surface area contributed by atoms with E-state index in [1.165, 1.54) is 0 Å². The fraction of sp³-hybridized carbons (Fsp3) is 0.400. The molecular formula is C20H23NO3. The summed E-state index contributed by atoms with van der Waals surface area (Å²) in [5.41, 5.74) is 2.69. The molecule has 1 fully saturated rings. The first-order valence-corrected chi connectivity index (χ1v) is 8.35. The maximum atomic E-state index is 12.5. The third-order valence-electron chi connectivity index (χ3n) is 4.86. The summed E-state index contributed by atoms with van der Waals surface area (Å²) in [4.78, 5) is 23.9. The van der Waals surface area contributed by atoms with Crippen LogP contribution in [-0.4, -0.2) is 24.1 Å². The quantitative estimate of drug-likeness (QED) is 0.809. The number of rotatable bonds is 4. The Balaban J connectivity index is 2.01. The Morgan fingerprint density at radius 3 is 2.46 bits per heavy atom. The molecule has 1 aromatic heterocycles. The van der Waals surface area contributed by atoms with Crippen LogP contribution in [0, 0.1) is 12.3 Å². The number of carbonyl (C=O) groups is 1. The number of ether oxygens (including phenoxy) is 1. The summed E-state index contributed by atoms with van der Waals surface area (Å²) >= 11 is 0. The van der Waals surface area contributed by atoms with Crippen molar-refractivity contribution in [3.8, 4) is 11.1 Å². The lowest BCUT2D eigenvalue weighted by Gasteiger charge is -2.34. The van der Waals surface area contributed by atoms with Crippen LogP contribution in [0.25, 0.3) is 11.1 Å². The molecule has 0 bridgehead atoms. The minimum absolute atomic E-state index is 0.123. The van der Waals surface area contributed by atoms with E-state index < -0.39 is 0 Å². The van der Waals surface area contributed by atoms with Crippen molar-refractivity contribution in [3.63, 3.8) is 0 Å². The molecule has 3 rings (SSSR count). The number of aldehydes is 1. The number of nitrogens with zero attached hydrogens (tertiary/aromatic N) is 1. The van der Waals surface area contributed by atoms with Gasteiger partial charge >= 0.3 is 0 Å². The third-order valence-corrected chi connectivity index (χ3v) is 4.86. The second-order valence-corrected chi connectivity index (χ2v) is 7.04. The van der Waals surface area contributed by atoms with E-state index in [0.29, 0.717) is 11.8 Å². The maximum Gasteiger partial charge on any atom is 0.199 e. The fourth-order valence-electron chi connectivity index (χ4n) is 3.23. The molecule has 0 spiro atoms. The monoisotopic (exact) mass is 325 g/mol. The zero-order valence-corrected chi connectivity index (χ0v) is 14.2. The topological polar surface area (TPSA) is 48.3 Å². The standard InChI is InChI=1S/C20H23NO3/c1-15-3-5-16(6-4-15)18-12-21(11-17(13-22)19(18)23)14-20(2)7-9-24-10-8-20/h3-6,11-13H,7-10,14H2,1-2H3. The minimum Gasteiger partial charge on any atom is -0.381 e. The van der Waals surface area contributed by atoms with E-state index in [-0.39, 0.29) is 16.4 Å². The summed E-state index contributed by atoms with van der Waals surface area (Å²) in [6, 6.07) is 7.82. The molecule has 2 aromatic rings. The summed E-state index contributed by atoms with van der Waals surface area (Å²) in [7, 11) is 0. The van der Waals surface area contributed by atoms with Crippen molar-refractivity contribution in [2.45, 2.75) is 33.2 Å². The van der Waals surface area contributed by atoms with E-state index in [0.717, 1.165) is 43.7 Å². The molecule has 4 heteroatoms. The number of carbonyl (C=O) groups excluding carboxylic acids is 1. The van der Waals surface area contributed by atoms with Crippen LogP contribution in [0.2, 0.25) is 0 Å². The van der Waals surface area contributed by atoms with Crippen LogP contribution < -0.4 is 5.43 Å². The van der Waals surface area contributed by atoms with E-state index in [4.69, 9.17) is 4.74 Å². The van der Waals surface area contributed by atoms with Gasteiger partial charge in [-0.05, 0) is 30.7 Å². The normalized spacial score (nSPS) is 16.8. The van der Waals surface area contributed by atoms with Crippen LogP contribution in [0.15, 0.2) is 41.5 Å². The summed E-state index contributed by atoms with van der Waals surface area (Å²) < 4.78 is 7.45. The molecule has 126 valence electrons. The predicted molar refractivity (Wildman–Crippen MR) is 94.4 cm³/mol. The molecule has 1 saturated heterocycles. The largest absolute Gasteiger partial charge is 0.381 e. The van der Waals surface area contributed by atoms with Gasteiger partial charge in [-0.25, -0.2) is 0 Å². The van der Waals surface area contributed by atoms with Gasteiger partial charge in [-0.15, -0.1) is 0 Å². The highest BCUT2D eigenvalue weighted by molar-refractivity contribution is 5.78. The van der Waals surface area contributed by atoms with Gasteiger partial charge < -0.3 is 9.30 Å². The van der Waals surface area contributed by atoms with Crippen LogP contribution in [0.1, 0.15) is 35.7 Å². The second-order valence-electron chi connectivity index (χ2n) is 7.04. The molecule has 0 atom stereocenters. The van der Waals surface area contributed by atoms with Crippen molar-refractivity contribution < 1.29 is 9.53 Å². The van der Waals surface area contributed by atoms with Crippen molar-refractivity contribution >= 4 is 6.29 Å². The SMILES string of the molecule is Cc1ccc(-c2cn(CC3(C)CCOCC3)cc(C=O)c2=O)cc1. The number of aryl methyl sites for hydroxylation is 1. The molecule has 1 aliphatic heterocycles. The van der Waals surface area contributed by atoms with Crippen molar-refractivity contribution in [1.29, 1.82) is 0 Å². The van der Waals surface area contributed by atoms with Gasteiger partial charge in [-0.1, -0.05) is 36.8 Å². The molecule has 0 radical (unpaired) electrons. The molecule has 2 heterocycles. The third kappa shape index (κ3) is 3.49. The number of benzene rings is 1. The Bertz CT molecular complexity index is 784. The highest BCUT2D eigenvalue weighted by Crippen LogP contribution is 2.32. The van der Waals surface area contributed by atoms with Crippen molar-refractivity contribution in [2.75, 3.05) is 13.2 Å². The highest BCUT2D eigenvalue weighted by atomic mass is 16.5. The van der Waals surface area contributed by atoms with Gasteiger partial charge in [0, 0.05) is 37.7 Å². The van der Waals surface area contributed by atoms with Crippen molar-refractivity contribution in [1.82, 2.24) is 4.57 Å². The molecule has 0 amide bonds. The molecule has 1 aliphatic rings. The molecule has 0 N–H and O–H groups in total. The van der Waals surface area contributed by atoms with Gasteiger partial charge in [0.05, 0.1) is 5.56 Å². The van der Waals surface area contributed by atoms with Crippen molar-refractivity contribution in [3.05, 3.63) is 58.0 Å². The van der Waals surface area contributed by atoms with Crippen LogP contribution in [0.4, 0.5) is 0 Å². The molecule has 1 aromatic carbocycles. The number of aromatic nitrogens is 1. The van der Waals surface area contributed by atoms with E-state index in [1.54, 1.807) is 6.20 Å². The average molecular weight is 325 g/mol. The number of hydrogen-bond donors (Lipinski definition) is 0. The van der Waals surface area contributed by atoms with E-state index in [9.17, 15) is 9.59 Å².